The van der Waals surface area contributed by atoms with Gasteiger partial charge in [0.05, 0.1) is 0 Å². The number of hydrogen-bond donors (Lipinski definition) is 0. The van der Waals surface area contributed by atoms with Gasteiger partial charge in [-0.15, -0.1) is 0 Å². The van der Waals surface area contributed by atoms with Crippen LogP contribution in [0.15, 0.2) is 48.6 Å². The van der Waals surface area contributed by atoms with Crippen LogP contribution < -0.4 is 0 Å². The molecule has 0 saturated carbocycles. The van der Waals surface area contributed by atoms with Gasteiger partial charge in [-0.2, -0.15) is 0 Å². The van der Waals surface area contributed by atoms with E-state index in [4.69, 9.17) is 0 Å². The number of nitrogens with zero attached hydrogens (tertiary/aromatic N) is 2. The highest BCUT2D eigenvalue weighted by Gasteiger charge is 2.15. The molecule has 0 spiro atoms. The Balaban J connectivity index is 2.18. The van der Waals surface area contributed by atoms with Gasteiger partial charge >= 0.3 is 0 Å². The molecule has 0 aromatic carbocycles. The molecule has 49 heavy (non-hydrogen) atoms. The zero-order valence-electron chi connectivity index (χ0n) is 33.8. The van der Waals surface area contributed by atoms with E-state index in [1.165, 1.54) is 212 Å². The van der Waals surface area contributed by atoms with Gasteiger partial charge in [0, 0.05) is 6.04 Å². The largest absolute Gasteiger partial charge is 0.303 e. The normalized spacial score (nSPS) is 15.3. The molecule has 2 heteroatoms. The van der Waals surface area contributed by atoms with Crippen molar-refractivity contribution in [3.63, 3.8) is 0 Å². The van der Waals surface area contributed by atoms with E-state index in [1.54, 1.807) is 0 Å². The molecule has 1 fully saturated rings. The van der Waals surface area contributed by atoms with Crippen LogP contribution in [0.25, 0.3) is 0 Å². The average Bonchev–Trinajstić information content (AvgIpc) is 3.12. The van der Waals surface area contributed by atoms with Crippen molar-refractivity contribution in [3.8, 4) is 0 Å². The summed E-state index contributed by atoms with van der Waals surface area (Å²) in [6.07, 6.45) is 61.2. The van der Waals surface area contributed by atoms with Crippen molar-refractivity contribution in [1.29, 1.82) is 0 Å². The quantitative estimate of drug-likeness (QED) is 0.0480. The second kappa shape index (κ2) is 38.1. The SMILES string of the molecule is CCCCCC=CCC=CCCCCCCCCC(CCCCCCCCC=CCC=CCCCCC)N(C)CCCCN1CCCCC1. The van der Waals surface area contributed by atoms with E-state index in [1.807, 2.05) is 0 Å². The van der Waals surface area contributed by atoms with Crippen molar-refractivity contribution in [2.75, 3.05) is 33.2 Å². The Morgan fingerprint density at radius 3 is 1.31 bits per heavy atom. The fourth-order valence-corrected chi connectivity index (χ4v) is 7.38. The molecule has 0 unspecified atom stereocenters. The molecular weight excluding hydrogens is 593 g/mol. The summed E-state index contributed by atoms with van der Waals surface area (Å²) in [4.78, 5) is 5.48. The molecule has 2 nitrogen and oxygen atoms in total. The molecule has 1 aliphatic heterocycles. The zero-order valence-corrected chi connectivity index (χ0v) is 33.8. The first kappa shape index (κ1) is 45.9. The minimum atomic E-state index is 0.798. The number of piperidine rings is 1. The summed E-state index contributed by atoms with van der Waals surface area (Å²) in [5.74, 6) is 0. The molecule has 286 valence electrons. The molecule has 0 N–H and O–H groups in total. The summed E-state index contributed by atoms with van der Waals surface area (Å²) in [5.41, 5.74) is 0. The van der Waals surface area contributed by atoms with Crippen molar-refractivity contribution < 1.29 is 0 Å². The van der Waals surface area contributed by atoms with E-state index < -0.39 is 0 Å². The standard InChI is InChI=1S/C47H88N2/c1-4-6-8-10-12-14-16-18-20-22-24-26-28-30-32-35-41-47(48(3)43-39-40-46-49-44-37-34-38-45-49)42-36-33-31-29-27-25-23-21-19-17-15-13-11-9-7-5-2/h12-15,18-21,47H,4-11,16-17,22-46H2,1-3H3. The van der Waals surface area contributed by atoms with Gasteiger partial charge in [-0.3, -0.25) is 0 Å². The lowest BCUT2D eigenvalue weighted by Crippen LogP contribution is -2.34. The van der Waals surface area contributed by atoms with Gasteiger partial charge in [0.25, 0.3) is 0 Å². The minimum absolute atomic E-state index is 0.798. The summed E-state index contributed by atoms with van der Waals surface area (Å²) in [7, 11) is 2.44. The molecule has 0 atom stereocenters. The lowest BCUT2D eigenvalue weighted by atomic mass is 9.98. The highest BCUT2D eigenvalue weighted by Crippen LogP contribution is 2.19. The maximum Gasteiger partial charge on any atom is 0.00922 e. The fourth-order valence-electron chi connectivity index (χ4n) is 7.38. The van der Waals surface area contributed by atoms with Crippen LogP contribution in [0.1, 0.15) is 213 Å². The van der Waals surface area contributed by atoms with Crippen LogP contribution in [0, 0.1) is 0 Å². The fraction of sp³-hybridized carbons (Fsp3) is 0.830. The molecule has 1 rings (SSSR count). The Morgan fingerprint density at radius 1 is 0.449 bits per heavy atom. The van der Waals surface area contributed by atoms with Gasteiger partial charge in [0.2, 0.25) is 0 Å². The topological polar surface area (TPSA) is 6.48 Å². The van der Waals surface area contributed by atoms with E-state index >= 15 is 0 Å². The second-order valence-electron chi connectivity index (χ2n) is 15.5. The molecule has 0 bridgehead atoms. The van der Waals surface area contributed by atoms with Gasteiger partial charge < -0.3 is 9.80 Å². The summed E-state index contributed by atoms with van der Waals surface area (Å²) < 4.78 is 0. The van der Waals surface area contributed by atoms with Gasteiger partial charge in [-0.05, 0) is 136 Å². The van der Waals surface area contributed by atoms with Crippen molar-refractivity contribution in [3.05, 3.63) is 48.6 Å². The number of unbranched alkanes of at least 4 members (excludes halogenated alkanes) is 19. The summed E-state index contributed by atoms with van der Waals surface area (Å²) >= 11 is 0. The highest BCUT2D eigenvalue weighted by atomic mass is 15.1. The van der Waals surface area contributed by atoms with Gasteiger partial charge in [-0.25, -0.2) is 0 Å². The van der Waals surface area contributed by atoms with E-state index in [9.17, 15) is 0 Å². The molecule has 0 amide bonds. The molecule has 1 aliphatic rings. The predicted octanol–water partition coefficient (Wildman–Crippen LogP) is 15.0. The van der Waals surface area contributed by atoms with Crippen LogP contribution in [-0.4, -0.2) is 49.1 Å². The van der Waals surface area contributed by atoms with E-state index in [2.05, 4.69) is 79.3 Å². The van der Waals surface area contributed by atoms with Gasteiger partial charge in [0.15, 0.2) is 0 Å². The van der Waals surface area contributed by atoms with E-state index in [0.29, 0.717) is 0 Å². The highest BCUT2D eigenvalue weighted by molar-refractivity contribution is 4.93. The molecule has 1 heterocycles. The Kier molecular flexibility index (Phi) is 35.7. The van der Waals surface area contributed by atoms with E-state index in [-0.39, 0.29) is 0 Å². The maximum absolute atomic E-state index is 2.76. The Morgan fingerprint density at radius 2 is 0.857 bits per heavy atom. The van der Waals surface area contributed by atoms with Crippen LogP contribution in [0.4, 0.5) is 0 Å². The van der Waals surface area contributed by atoms with Crippen molar-refractivity contribution in [1.82, 2.24) is 9.80 Å². The third kappa shape index (κ3) is 32.5. The second-order valence-corrected chi connectivity index (χ2v) is 15.5. The Labute approximate surface area is 309 Å². The zero-order chi connectivity index (χ0) is 35.1. The monoisotopic (exact) mass is 681 g/mol. The van der Waals surface area contributed by atoms with Gasteiger partial charge in [0.1, 0.15) is 0 Å². The minimum Gasteiger partial charge on any atom is -0.303 e. The Bertz CT molecular complexity index is 710. The summed E-state index contributed by atoms with van der Waals surface area (Å²) in [6, 6.07) is 0.798. The first-order chi connectivity index (χ1) is 24.3. The lowest BCUT2D eigenvalue weighted by Gasteiger charge is -2.30. The molecule has 0 aromatic heterocycles. The number of allylic oxidation sites excluding steroid dienone is 8. The molecular formula is C47H88N2. The molecule has 0 radical (unpaired) electrons. The maximum atomic E-state index is 2.76. The lowest BCUT2D eigenvalue weighted by molar-refractivity contribution is 0.192. The molecule has 0 aliphatic carbocycles. The van der Waals surface area contributed by atoms with Crippen molar-refractivity contribution in [2.45, 2.75) is 219 Å². The number of rotatable bonds is 36. The van der Waals surface area contributed by atoms with Gasteiger partial charge in [-0.1, -0.05) is 159 Å². The van der Waals surface area contributed by atoms with Crippen LogP contribution >= 0.6 is 0 Å². The third-order valence-electron chi connectivity index (χ3n) is 10.8. The van der Waals surface area contributed by atoms with E-state index in [0.717, 1.165) is 18.9 Å². The van der Waals surface area contributed by atoms with Crippen LogP contribution in [0.3, 0.4) is 0 Å². The molecule has 0 aromatic rings. The van der Waals surface area contributed by atoms with Crippen molar-refractivity contribution >= 4 is 0 Å². The van der Waals surface area contributed by atoms with Crippen LogP contribution in [0.2, 0.25) is 0 Å². The van der Waals surface area contributed by atoms with Crippen LogP contribution in [-0.2, 0) is 0 Å². The Hall–Kier alpha value is -1.12. The first-order valence-corrected chi connectivity index (χ1v) is 22.3. The van der Waals surface area contributed by atoms with Crippen molar-refractivity contribution in [2.24, 2.45) is 0 Å². The first-order valence-electron chi connectivity index (χ1n) is 22.3. The third-order valence-corrected chi connectivity index (χ3v) is 10.8. The summed E-state index contributed by atoms with van der Waals surface area (Å²) in [6.45, 7) is 9.88. The molecule has 1 saturated heterocycles. The smallest absolute Gasteiger partial charge is 0.00922 e. The summed E-state index contributed by atoms with van der Waals surface area (Å²) in [5, 5.41) is 0. The van der Waals surface area contributed by atoms with Crippen LogP contribution in [0.5, 0.6) is 0 Å². The number of hydrogen-bond acceptors (Lipinski definition) is 2. The number of likely N-dealkylation sites (tertiary alicyclic amines) is 1. The predicted molar refractivity (Wildman–Crippen MR) is 224 cm³/mol. The average molecular weight is 681 g/mol.